The van der Waals surface area contributed by atoms with Crippen molar-refractivity contribution in [2.75, 3.05) is 11.1 Å². The van der Waals surface area contributed by atoms with Gasteiger partial charge in [0, 0.05) is 12.7 Å². The Balaban J connectivity index is 2.04. The smallest absolute Gasteiger partial charge is 0.325 e. The van der Waals surface area contributed by atoms with Crippen LogP contribution < -0.4 is 5.32 Å². The number of nitrogens with one attached hydrogen (secondary N) is 1. The zero-order valence-electron chi connectivity index (χ0n) is 13.4. The van der Waals surface area contributed by atoms with E-state index in [1.54, 1.807) is 0 Å². The van der Waals surface area contributed by atoms with Crippen LogP contribution in [0, 0.1) is 6.92 Å². The summed E-state index contributed by atoms with van der Waals surface area (Å²) < 4.78 is 38.8. The molecule has 0 spiro atoms. The van der Waals surface area contributed by atoms with E-state index < -0.39 is 12.0 Å². The average molecular weight is 358 g/mol. The number of para-hydroxylation sites is 1. The molecule has 1 amide bonds. The molecule has 0 aliphatic heterocycles. The topological polar surface area (TPSA) is 59.8 Å². The lowest BCUT2D eigenvalue weighted by atomic mass is 10.1. The van der Waals surface area contributed by atoms with Crippen LogP contribution >= 0.6 is 11.8 Å². The Bertz CT molecular complexity index is 743. The monoisotopic (exact) mass is 358 g/mol. The molecule has 130 valence electrons. The SMILES string of the molecule is CCc1cccc(C)c1NC(=O)CSc1nnc(C(F)(F)F)n1C. The summed E-state index contributed by atoms with van der Waals surface area (Å²) in [4.78, 5) is 12.1. The van der Waals surface area contributed by atoms with Gasteiger partial charge in [0.05, 0.1) is 5.75 Å². The lowest BCUT2D eigenvalue weighted by Crippen LogP contribution is -2.17. The second kappa shape index (κ2) is 7.25. The van der Waals surface area contributed by atoms with E-state index in [1.807, 2.05) is 32.0 Å². The summed E-state index contributed by atoms with van der Waals surface area (Å²) >= 11 is 0.908. The largest absolute Gasteiger partial charge is 0.451 e. The normalized spacial score (nSPS) is 11.6. The average Bonchev–Trinajstić information content (AvgIpc) is 2.88. The summed E-state index contributed by atoms with van der Waals surface area (Å²) in [6.07, 6.45) is -3.80. The number of benzene rings is 1. The van der Waals surface area contributed by atoms with Crippen LogP contribution in [0.4, 0.5) is 18.9 Å². The molecular weight excluding hydrogens is 341 g/mol. The van der Waals surface area contributed by atoms with E-state index in [9.17, 15) is 18.0 Å². The van der Waals surface area contributed by atoms with E-state index in [2.05, 4.69) is 15.5 Å². The Morgan fingerprint density at radius 2 is 2.04 bits per heavy atom. The van der Waals surface area contributed by atoms with E-state index >= 15 is 0 Å². The quantitative estimate of drug-likeness (QED) is 0.832. The van der Waals surface area contributed by atoms with Crippen LogP contribution in [-0.4, -0.2) is 26.4 Å². The van der Waals surface area contributed by atoms with Crippen molar-refractivity contribution in [3.05, 3.63) is 35.2 Å². The van der Waals surface area contributed by atoms with Crippen molar-refractivity contribution in [2.24, 2.45) is 7.05 Å². The molecular formula is C15H17F3N4OS. The molecule has 0 saturated heterocycles. The number of anilines is 1. The fourth-order valence-electron chi connectivity index (χ4n) is 2.20. The van der Waals surface area contributed by atoms with Gasteiger partial charge in [0.25, 0.3) is 0 Å². The van der Waals surface area contributed by atoms with Gasteiger partial charge in [-0.2, -0.15) is 13.2 Å². The predicted molar refractivity (Wildman–Crippen MR) is 85.9 cm³/mol. The number of thioether (sulfide) groups is 1. The second-order valence-electron chi connectivity index (χ2n) is 5.16. The summed E-state index contributed by atoms with van der Waals surface area (Å²) in [6.45, 7) is 3.87. The molecule has 1 aromatic carbocycles. The standard InChI is InChI=1S/C15H17F3N4OS/c1-4-10-7-5-6-9(2)12(10)19-11(23)8-24-14-21-20-13(22(14)3)15(16,17)18/h5-7H,4,8H2,1-3H3,(H,19,23). The van der Waals surface area contributed by atoms with Gasteiger partial charge in [-0.15, -0.1) is 10.2 Å². The molecule has 9 heteroatoms. The molecule has 1 aromatic heterocycles. The Morgan fingerprint density at radius 3 is 2.62 bits per heavy atom. The third-order valence-electron chi connectivity index (χ3n) is 3.43. The lowest BCUT2D eigenvalue weighted by Gasteiger charge is -2.12. The maximum absolute atomic E-state index is 12.7. The highest BCUT2D eigenvalue weighted by Crippen LogP contribution is 2.29. The lowest BCUT2D eigenvalue weighted by molar-refractivity contribution is -0.147. The minimum Gasteiger partial charge on any atom is -0.325 e. The molecule has 0 saturated carbocycles. The van der Waals surface area contributed by atoms with Crippen molar-refractivity contribution in [2.45, 2.75) is 31.6 Å². The molecule has 1 N–H and O–H groups in total. The molecule has 0 aliphatic rings. The van der Waals surface area contributed by atoms with Gasteiger partial charge in [-0.3, -0.25) is 4.79 Å². The second-order valence-corrected chi connectivity index (χ2v) is 6.10. The molecule has 24 heavy (non-hydrogen) atoms. The predicted octanol–water partition coefficient (Wildman–Crippen LogP) is 3.44. The third-order valence-corrected chi connectivity index (χ3v) is 4.45. The van der Waals surface area contributed by atoms with Gasteiger partial charge >= 0.3 is 6.18 Å². The first kappa shape index (κ1) is 18.3. The number of alkyl halides is 3. The molecule has 1 heterocycles. The van der Waals surface area contributed by atoms with Crippen molar-refractivity contribution in [3.8, 4) is 0 Å². The van der Waals surface area contributed by atoms with E-state index in [0.717, 1.165) is 39.6 Å². The van der Waals surface area contributed by atoms with E-state index in [4.69, 9.17) is 0 Å². The first-order chi connectivity index (χ1) is 11.2. The number of aromatic nitrogens is 3. The van der Waals surface area contributed by atoms with Crippen molar-refractivity contribution in [1.82, 2.24) is 14.8 Å². The number of rotatable bonds is 5. The first-order valence-corrected chi connectivity index (χ1v) is 8.20. The highest BCUT2D eigenvalue weighted by molar-refractivity contribution is 7.99. The number of halogens is 3. The fourth-order valence-corrected chi connectivity index (χ4v) is 2.91. The van der Waals surface area contributed by atoms with Crippen LogP contribution in [0.2, 0.25) is 0 Å². The summed E-state index contributed by atoms with van der Waals surface area (Å²) in [5, 5.41) is 9.47. The summed E-state index contributed by atoms with van der Waals surface area (Å²) in [5.74, 6) is -1.44. The van der Waals surface area contributed by atoms with Gasteiger partial charge in [0.1, 0.15) is 0 Å². The first-order valence-electron chi connectivity index (χ1n) is 7.21. The summed E-state index contributed by atoms with van der Waals surface area (Å²) in [5.41, 5.74) is 2.69. The van der Waals surface area contributed by atoms with Crippen molar-refractivity contribution in [1.29, 1.82) is 0 Å². The number of carbonyl (C=O) groups is 1. The van der Waals surface area contributed by atoms with E-state index in [0.29, 0.717) is 0 Å². The van der Waals surface area contributed by atoms with E-state index in [-0.39, 0.29) is 16.8 Å². The van der Waals surface area contributed by atoms with Gasteiger partial charge in [-0.05, 0) is 24.5 Å². The Morgan fingerprint density at radius 1 is 1.33 bits per heavy atom. The number of nitrogens with zero attached hydrogens (tertiary/aromatic N) is 3. The van der Waals surface area contributed by atoms with Gasteiger partial charge in [-0.25, -0.2) is 0 Å². The van der Waals surface area contributed by atoms with Crippen LogP contribution in [-0.2, 0) is 24.4 Å². The van der Waals surface area contributed by atoms with E-state index in [1.165, 1.54) is 7.05 Å². The molecule has 0 unspecified atom stereocenters. The molecule has 2 rings (SSSR count). The Kier molecular flexibility index (Phi) is 5.53. The molecule has 5 nitrogen and oxygen atoms in total. The molecule has 0 atom stereocenters. The fraction of sp³-hybridized carbons (Fsp3) is 0.400. The van der Waals surface area contributed by atoms with Gasteiger partial charge < -0.3 is 9.88 Å². The molecule has 0 bridgehead atoms. The molecule has 0 fully saturated rings. The number of carbonyl (C=O) groups excluding carboxylic acids is 1. The Hall–Kier alpha value is -2.03. The maximum Gasteiger partial charge on any atom is 0.451 e. The van der Waals surface area contributed by atoms with Crippen molar-refractivity contribution >= 4 is 23.4 Å². The van der Waals surface area contributed by atoms with Crippen LogP contribution in [0.15, 0.2) is 23.4 Å². The zero-order valence-corrected chi connectivity index (χ0v) is 14.3. The molecule has 0 aliphatic carbocycles. The van der Waals surface area contributed by atoms with Crippen LogP contribution in [0.1, 0.15) is 23.9 Å². The molecule has 2 aromatic rings. The Labute approximate surface area is 141 Å². The van der Waals surface area contributed by atoms with Gasteiger partial charge in [-0.1, -0.05) is 36.9 Å². The van der Waals surface area contributed by atoms with Crippen LogP contribution in [0.25, 0.3) is 0 Å². The number of amides is 1. The highest BCUT2D eigenvalue weighted by atomic mass is 32.2. The number of aryl methyl sites for hydroxylation is 2. The zero-order chi connectivity index (χ0) is 17.9. The maximum atomic E-state index is 12.7. The van der Waals surface area contributed by atoms with Gasteiger partial charge in [0.15, 0.2) is 5.16 Å². The van der Waals surface area contributed by atoms with Crippen molar-refractivity contribution in [3.63, 3.8) is 0 Å². The van der Waals surface area contributed by atoms with Crippen LogP contribution in [0.3, 0.4) is 0 Å². The number of hydrogen-bond donors (Lipinski definition) is 1. The highest BCUT2D eigenvalue weighted by Gasteiger charge is 2.37. The molecule has 0 radical (unpaired) electrons. The van der Waals surface area contributed by atoms with Crippen molar-refractivity contribution < 1.29 is 18.0 Å². The van der Waals surface area contributed by atoms with Gasteiger partial charge in [0.2, 0.25) is 11.7 Å². The summed E-state index contributed by atoms with van der Waals surface area (Å²) in [6, 6.07) is 5.73. The van der Waals surface area contributed by atoms with Crippen LogP contribution in [0.5, 0.6) is 0 Å². The third kappa shape index (κ3) is 4.08. The minimum atomic E-state index is -4.57. The summed E-state index contributed by atoms with van der Waals surface area (Å²) in [7, 11) is 1.22. The number of hydrogen-bond acceptors (Lipinski definition) is 4. The minimum absolute atomic E-state index is 0.0398.